The Morgan fingerprint density at radius 1 is 0.778 bits per heavy atom. The molecule has 0 aromatic heterocycles. The molecule has 1 aliphatic rings. The average molecular weight is 231 g/mol. The van der Waals surface area contributed by atoms with Gasteiger partial charge in [-0.25, -0.2) is 0 Å². The Bertz CT molecular complexity index is 588. The van der Waals surface area contributed by atoms with Gasteiger partial charge in [0.15, 0.2) is 0 Å². The zero-order chi connectivity index (χ0) is 12.2. The Hall–Kier alpha value is -2.08. The summed E-state index contributed by atoms with van der Waals surface area (Å²) in [6.45, 7) is 0. The predicted octanol–water partition coefficient (Wildman–Crippen LogP) is 4.74. The van der Waals surface area contributed by atoms with Gasteiger partial charge in [-0.2, -0.15) is 0 Å². The molecule has 0 amide bonds. The van der Waals surface area contributed by atoms with Crippen molar-refractivity contribution < 1.29 is 0 Å². The van der Waals surface area contributed by atoms with Gasteiger partial charge in [0, 0.05) is 6.42 Å². The molecule has 0 unspecified atom stereocenters. The van der Waals surface area contributed by atoms with E-state index < -0.39 is 0 Å². The lowest BCUT2D eigenvalue weighted by Crippen LogP contribution is -1.79. The quantitative estimate of drug-likeness (QED) is 0.715. The van der Waals surface area contributed by atoms with Gasteiger partial charge in [-0.1, -0.05) is 78.4 Å². The summed E-state index contributed by atoms with van der Waals surface area (Å²) < 4.78 is 0. The first-order valence-corrected chi connectivity index (χ1v) is 6.28. The van der Waals surface area contributed by atoms with Crippen LogP contribution in [-0.2, 0) is 0 Å². The Morgan fingerprint density at radius 2 is 1.50 bits per heavy atom. The van der Waals surface area contributed by atoms with Crippen LogP contribution in [0, 0.1) is 6.42 Å². The third kappa shape index (κ3) is 2.43. The van der Waals surface area contributed by atoms with Gasteiger partial charge >= 0.3 is 0 Å². The van der Waals surface area contributed by atoms with Crippen molar-refractivity contribution in [1.29, 1.82) is 0 Å². The fourth-order valence-corrected chi connectivity index (χ4v) is 2.23. The largest absolute Gasteiger partial charge is 0.0798 e. The summed E-state index contributed by atoms with van der Waals surface area (Å²) in [6.07, 6.45) is 9.93. The summed E-state index contributed by atoms with van der Waals surface area (Å²) in [5.41, 5.74) is 5.30. The lowest BCUT2D eigenvalue weighted by Gasteiger charge is -1.96. The van der Waals surface area contributed by atoms with E-state index in [0.717, 1.165) is 6.42 Å². The van der Waals surface area contributed by atoms with E-state index in [0.29, 0.717) is 0 Å². The molecule has 0 N–H and O–H groups in total. The molecule has 0 spiro atoms. The lowest BCUT2D eigenvalue weighted by molar-refractivity contribution is 1.28. The van der Waals surface area contributed by atoms with Gasteiger partial charge in [0.2, 0.25) is 0 Å². The van der Waals surface area contributed by atoms with E-state index in [4.69, 9.17) is 0 Å². The maximum atomic E-state index is 2.27. The molecular weight excluding hydrogens is 216 g/mol. The molecule has 18 heavy (non-hydrogen) atoms. The number of allylic oxidation sites excluding steroid dienone is 2. The molecule has 0 heteroatoms. The lowest BCUT2D eigenvalue weighted by atomic mass is 10.1. The van der Waals surface area contributed by atoms with Crippen molar-refractivity contribution in [3.63, 3.8) is 0 Å². The molecule has 0 aliphatic heterocycles. The van der Waals surface area contributed by atoms with E-state index in [9.17, 15) is 0 Å². The minimum Gasteiger partial charge on any atom is -0.0798 e. The summed E-state index contributed by atoms with van der Waals surface area (Å²) in [5, 5.41) is 0. The van der Waals surface area contributed by atoms with Crippen molar-refractivity contribution in [3.8, 4) is 0 Å². The van der Waals surface area contributed by atoms with Gasteiger partial charge in [-0.05, 0) is 23.1 Å². The van der Waals surface area contributed by atoms with Gasteiger partial charge in [0.1, 0.15) is 0 Å². The van der Waals surface area contributed by atoms with Crippen LogP contribution in [0.2, 0.25) is 0 Å². The molecule has 1 aliphatic carbocycles. The van der Waals surface area contributed by atoms with Crippen molar-refractivity contribution in [2.24, 2.45) is 0 Å². The van der Waals surface area contributed by atoms with Crippen LogP contribution in [0.3, 0.4) is 0 Å². The fourth-order valence-electron chi connectivity index (χ4n) is 2.23. The monoisotopic (exact) mass is 231 g/mol. The molecule has 3 rings (SSSR count). The minimum atomic E-state index is 0.990. The molecule has 0 saturated carbocycles. The van der Waals surface area contributed by atoms with Crippen LogP contribution in [0.4, 0.5) is 0 Å². The SMILES string of the molecule is [CH]1C(CC=Cc2ccccc2)=Cc2ccccc21. The number of rotatable bonds is 3. The number of hydrogen-bond donors (Lipinski definition) is 0. The molecule has 0 fully saturated rings. The number of fused-ring (bicyclic) bond motifs is 1. The van der Waals surface area contributed by atoms with Crippen LogP contribution >= 0.6 is 0 Å². The Balaban J connectivity index is 1.65. The maximum absolute atomic E-state index is 2.27. The van der Waals surface area contributed by atoms with Crippen LogP contribution in [0.15, 0.2) is 66.2 Å². The normalized spacial score (nSPS) is 13.7. The fraction of sp³-hybridized carbons (Fsp3) is 0.0556. The number of hydrogen-bond acceptors (Lipinski definition) is 0. The highest BCUT2D eigenvalue weighted by Gasteiger charge is 2.10. The number of benzene rings is 2. The van der Waals surface area contributed by atoms with Gasteiger partial charge in [-0.15, -0.1) is 0 Å². The Kier molecular flexibility index (Phi) is 3.10. The first-order valence-electron chi connectivity index (χ1n) is 6.28. The van der Waals surface area contributed by atoms with Crippen molar-refractivity contribution in [1.82, 2.24) is 0 Å². The standard InChI is InChI=1S/C18H15/c1-2-7-15(8-3-1)9-6-10-16-13-17-11-4-5-12-18(17)14-16/h1-9,11-14H,10H2. The summed E-state index contributed by atoms with van der Waals surface area (Å²) in [4.78, 5) is 0. The highest BCUT2D eigenvalue weighted by molar-refractivity contribution is 5.69. The zero-order valence-electron chi connectivity index (χ0n) is 10.2. The second kappa shape index (κ2) is 5.05. The van der Waals surface area contributed by atoms with E-state index in [1.807, 2.05) is 6.07 Å². The average Bonchev–Trinajstić information content (AvgIpc) is 2.82. The third-order valence-electron chi connectivity index (χ3n) is 3.14. The summed E-state index contributed by atoms with van der Waals surface area (Å²) in [5.74, 6) is 0. The minimum absolute atomic E-state index is 0.990. The Morgan fingerprint density at radius 3 is 2.28 bits per heavy atom. The maximum Gasteiger partial charge on any atom is 0.0167 e. The molecule has 2 aromatic rings. The first-order chi connectivity index (χ1) is 8.92. The summed E-state index contributed by atoms with van der Waals surface area (Å²) in [6, 6.07) is 18.9. The van der Waals surface area contributed by atoms with Crippen LogP contribution < -0.4 is 0 Å². The van der Waals surface area contributed by atoms with Gasteiger partial charge in [0.05, 0.1) is 0 Å². The molecule has 0 saturated heterocycles. The molecule has 0 heterocycles. The molecule has 0 bridgehead atoms. The molecular formula is C18H15. The first kappa shape index (κ1) is 11.0. The van der Waals surface area contributed by atoms with Crippen LogP contribution in [-0.4, -0.2) is 0 Å². The summed E-state index contributed by atoms with van der Waals surface area (Å²) >= 11 is 0. The van der Waals surface area contributed by atoms with E-state index in [2.05, 4.69) is 73.2 Å². The predicted molar refractivity (Wildman–Crippen MR) is 77.9 cm³/mol. The van der Waals surface area contributed by atoms with E-state index in [-0.39, 0.29) is 0 Å². The molecule has 87 valence electrons. The zero-order valence-corrected chi connectivity index (χ0v) is 10.2. The third-order valence-corrected chi connectivity index (χ3v) is 3.14. The van der Waals surface area contributed by atoms with Crippen molar-refractivity contribution >= 4 is 12.2 Å². The molecule has 0 nitrogen and oxygen atoms in total. The second-order valence-electron chi connectivity index (χ2n) is 4.51. The highest BCUT2D eigenvalue weighted by atomic mass is 14.1. The highest BCUT2D eigenvalue weighted by Crippen LogP contribution is 2.28. The van der Waals surface area contributed by atoms with Gasteiger partial charge in [0.25, 0.3) is 0 Å². The van der Waals surface area contributed by atoms with Gasteiger partial charge < -0.3 is 0 Å². The topological polar surface area (TPSA) is 0 Å². The van der Waals surface area contributed by atoms with Crippen molar-refractivity contribution in [2.75, 3.05) is 0 Å². The van der Waals surface area contributed by atoms with E-state index >= 15 is 0 Å². The van der Waals surface area contributed by atoms with Crippen LogP contribution in [0.1, 0.15) is 23.1 Å². The van der Waals surface area contributed by atoms with Crippen LogP contribution in [0.5, 0.6) is 0 Å². The molecule has 1 radical (unpaired) electrons. The van der Waals surface area contributed by atoms with Crippen molar-refractivity contribution in [2.45, 2.75) is 6.42 Å². The second-order valence-corrected chi connectivity index (χ2v) is 4.51. The molecule has 0 atom stereocenters. The van der Waals surface area contributed by atoms with E-state index in [1.165, 1.54) is 22.3 Å². The Labute approximate surface area is 108 Å². The van der Waals surface area contributed by atoms with Crippen molar-refractivity contribution in [3.05, 3.63) is 89.4 Å². The molecule has 2 aromatic carbocycles. The van der Waals surface area contributed by atoms with Gasteiger partial charge in [-0.3, -0.25) is 0 Å². The summed E-state index contributed by atoms with van der Waals surface area (Å²) in [7, 11) is 0. The van der Waals surface area contributed by atoms with E-state index in [1.54, 1.807) is 0 Å². The smallest absolute Gasteiger partial charge is 0.0167 e. The van der Waals surface area contributed by atoms with Crippen LogP contribution in [0.25, 0.3) is 12.2 Å².